The molecular formula is C17H21BrClNO3. The van der Waals surface area contributed by atoms with Gasteiger partial charge in [-0.1, -0.05) is 11.6 Å². The minimum atomic E-state index is 0.0225. The summed E-state index contributed by atoms with van der Waals surface area (Å²) >= 11 is 9.32. The zero-order chi connectivity index (χ0) is 16.2. The van der Waals surface area contributed by atoms with Gasteiger partial charge in [0.25, 0.3) is 5.91 Å². The van der Waals surface area contributed by atoms with E-state index >= 15 is 0 Å². The van der Waals surface area contributed by atoms with E-state index in [1.54, 1.807) is 18.2 Å². The zero-order valence-corrected chi connectivity index (χ0v) is 15.3. The van der Waals surface area contributed by atoms with Crippen molar-refractivity contribution in [1.29, 1.82) is 0 Å². The van der Waals surface area contributed by atoms with Crippen LogP contribution < -0.4 is 4.74 Å². The molecule has 6 heteroatoms. The molecule has 1 saturated carbocycles. The van der Waals surface area contributed by atoms with Crippen molar-refractivity contribution >= 4 is 33.4 Å². The van der Waals surface area contributed by atoms with Gasteiger partial charge >= 0.3 is 0 Å². The lowest BCUT2D eigenvalue weighted by Crippen LogP contribution is -2.41. The topological polar surface area (TPSA) is 38.8 Å². The molecular weight excluding hydrogens is 382 g/mol. The van der Waals surface area contributed by atoms with Crippen LogP contribution in [0.25, 0.3) is 0 Å². The number of amides is 1. The van der Waals surface area contributed by atoms with Crippen molar-refractivity contribution in [2.24, 2.45) is 5.92 Å². The molecule has 1 aromatic rings. The normalized spacial score (nSPS) is 20.5. The number of ether oxygens (including phenoxy) is 2. The third kappa shape index (κ3) is 5.10. The standard InChI is InChI=1S/C17H21BrClNO3/c18-15-8-13(19)5-6-16(15)23-11-17(21)20(9-12-3-4-12)10-14-2-1-7-22-14/h5-6,8,12,14H,1-4,7,9-11H2. The molecule has 23 heavy (non-hydrogen) atoms. The van der Waals surface area contributed by atoms with E-state index in [0.29, 0.717) is 23.2 Å². The summed E-state index contributed by atoms with van der Waals surface area (Å²) in [5, 5.41) is 0.629. The largest absolute Gasteiger partial charge is 0.483 e. The van der Waals surface area contributed by atoms with Gasteiger partial charge in [0.2, 0.25) is 0 Å². The van der Waals surface area contributed by atoms with E-state index in [2.05, 4.69) is 15.9 Å². The highest BCUT2D eigenvalue weighted by molar-refractivity contribution is 9.10. The van der Waals surface area contributed by atoms with Crippen LogP contribution in [-0.4, -0.2) is 43.2 Å². The van der Waals surface area contributed by atoms with Crippen LogP contribution in [0.5, 0.6) is 5.75 Å². The molecule has 0 spiro atoms. The Morgan fingerprint density at radius 3 is 2.83 bits per heavy atom. The van der Waals surface area contributed by atoms with Crippen LogP contribution in [0.3, 0.4) is 0 Å². The quantitative estimate of drug-likeness (QED) is 0.694. The second kappa shape index (κ2) is 7.86. The van der Waals surface area contributed by atoms with Crippen LogP contribution >= 0.6 is 27.5 Å². The van der Waals surface area contributed by atoms with Crippen molar-refractivity contribution in [2.45, 2.75) is 31.8 Å². The van der Waals surface area contributed by atoms with Gasteiger partial charge in [0.1, 0.15) is 5.75 Å². The van der Waals surface area contributed by atoms with Gasteiger partial charge in [-0.3, -0.25) is 4.79 Å². The van der Waals surface area contributed by atoms with Gasteiger partial charge in [0.05, 0.1) is 10.6 Å². The Bertz CT molecular complexity index is 559. The van der Waals surface area contributed by atoms with Gasteiger partial charge in [0.15, 0.2) is 6.61 Å². The summed E-state index contributed by atoms with van der Waals surface area (Å²) in [7, 11) is 0. The first kappa shape index (κ1) is 17.1. The molecule has 1 unspecified atom stereocenters. The van der Waals surface area contributed by atoms with Crippen molar-refractivity contribution in [1.82, 2.24) is 4.90 Å². The lowest BCUT2D eigenvalue weighted by Gasteiger charge is -2.25. The highest BCUT2D eigenvalue weighted by Gasteiger charge is 2.29. The average molecular weight is 403 g/mol. The van der Waals surface area contributed by atoms with Crippen molar-refractivity contribution in [2.75, 3.05) is 26.3 Å². The number of hydrogen-bond acceptors (Lipinski definition) is 3. The molecule has 1 aliphatic carbocycles. The fourth-order valence-corrected chi connectivity index (χ4v) is 3.54. The maximum absolute atomic E-state index is 12.5. The van der Waals surface area contributed by atoms with Crippen LogP contribution in [-0.2, 0) is 9.53 Å². The number of hydrogen-bond donors (Lipinski definition) is 0. The predicted octanol–water partition coefficient (Wildman–Crippen LogP) is 3.90. The Morgan fingerprint density at radius 2 is 2.17 bits per heavy atom. The fraction of sp³-hybridized carbons (Fsp3) is 0.588. The molecule has 1 heterocycles. The number of benzene rings is 1. The third-order valence-electron chi connectivity index (χ3n) is 4.22. The monoisotopic (exact) mass is 401 g/mol. The van der Waals surface area contributed by atoms with Crippen molar-refractivity contribution in [3.8, 4) is 5.75 Å². The van der Waals surface area contributed by atoms with E-state index < -0.39 is 0 Å². The summed E-state index contributed by atoms with van der Waals surface area (Å²) in [5.74, 6) is 1.31. The second-order valence-corrected chi connectivity index (χ2v) is 7.53. The van der Waals surface area contributed by atoms with E-state index in [9.17, 15) is 4.79 Å². The fourth-order valence-electron chi connectivity index (χ4n) is 2.75. The molecule has 1 amide bonds. The second-order valence-electron chi connectivity index (χ2n) is 6.24. The maximum Gasteiger partial charge on any atom is 0.260 e. The van der Waals surface area contributed by atoms with Gasteiger partial charge in [-0.15, -0.1) is 0 Å². The number of carbonyl (C=O) groups excluding carboxylic acids is 1. The Morgan fingerprint density at radius 1 is 1.35 bits per heavy atom. The summed E-state index contributed by atoms with van der Waals surface area (Å²) in [6, 6.07) is 5.28. The lowest BCUT2D eigenvalue weighted by molar-refractivity contribution is -0.135. The summed E-state index contributed by atoms with van der Waals surface area (Å²) in [6.45, 7) is 2.36. The van der Waals surface area contributed by atoms with Crippen LogP contribution in [0, 0.1) is 5.92 Å². The van der Waals surface area contributed by atoms with Gasteiger partial charge in [0, 0.05) is 24.7 Å². The first-order chi connectivity index (χ1) is 11.1. The minimum Gasteiger partial charge on any atom is -0.483 e. The Kier molecular flexibility index (Phi) is 5.83. The number of rotatable bonds is 7. The van der Waals surface area contributed by atoms with Crippen molar-refractivity contribution < 1.29 is 14.3 Å². The first-order valence-electron chi connectivity index (χ1n) is 8.09. The number of carbonyl (C=O) groups is 1. The molecule has 2 fully saturated rings. The molecule has 1 saturated heterocycles. The molecule has 4 nitrogen and oxygen atoms in total. The van der Waals surface area contributed by atoms with Gasteiger partial charge in [-0.25, -0.2) is 0 Å². The molecule has 0 radical (unpaired) electrons. The molecule has 1 aliphatic heterocycles. The summed E-state index contributed by atoms with van der Waals surface area (Å²) < 4.78 is 12.1. The van der Waals surface area contributed by atoms with Crippen LogP contribution in [0.2, 0.25) is 5.02 Å². The smallest absolute Gasteiger partial charge is 0.260 e. The molecule has 3 rings (SSSR count). The Hall–Kier alpha value is -0.780. The van der Waals surface area contributed by atoms with Crippen LogP contribution in [0.4, 0.5) is 0 Å². The van der Waals surface area contributed by atoms with Crippen LogP contribution in [0.15, 0.2) is 22.7 Å². The zero-order valence-electron chi connectivity index (χ0n) is 13.0. The molecule has 1 atom stereocenters. The molecule has 0 aromatic heterocycles. The van der Waals surface area contributed by atoms with Crippen molar-refractivity contribution in [3.63, 3.8) is 0 Å². The predicted molar refractivity (Wildman–Crippen MR) is 92.9 cm³/mol. The van der Waals surface area contributed by atoms with E-state index in [4.69, 9.17) is 21.1 Å². The van der Waals surface area contributed by atoms with Crippen LogP contribution in [0.1, 0.15) is 25.7 Å². The van der Waals surface area contributed by atoms with E-state index in [-0.39, 0.29) is 18.6 Å². The summed E-state index contributed by atoms with van der Waals surface area (Å²) in [6.07, 6.45) is 4.75. The average Bonchev–Trinajstić information content (AvgIpc) is 3.18. The maximum atomic E-state index is 12.5. The van der Waals surface area contributed by atoms with E-state index in [1.165, 1.54) is 12.8 Å². The number of halogens is 2. The Balaban J connectivity index is 1.55. The van der Waals surface area contributed by atoms with Gasteiger partial charge < -0.3 is 14.4 Å². The molecule has 0 N–H and O–H groups in total. The number of nitrogens with zero attached hydrogens (tertiary/aromatic N) is 1. The molecule has 2 aliphatic rings. The lowest BCUT2D eigenvalue weighted by atomic mass is 10.2. The van der Waals surface area contributed by atoms with Gasteiger partial charge in [-0.05, 0) is 65.7 Å². The highest BCUT2D eigenvalue weighted by Crippen LogP contribution is 2.31. The van der Waals surface area contributed by atoms with E-state index in [1.807, 2.05) is 4.90 Å². The van der Waals surface area contributed by atoms with Crippen molar-refractivity contribution in [3.05, 3.63) is 27.7 Å². The minimum absolute atomic E-state index is 0.0225. The molecule has 1 aromatic carbocycles. The van der Waals surface area contributed by atoms with E-state index in [0.717, 1.165) is 30.5 Å². The van der Waals surface area contributed by atoms with Gasteiger partial charge in [-0.2, -0.15) is 0 Å². The SMILES string of the molecule is O=C(COc1ccc(Cl)cc1Br)N(CC1CC1)CC1CCCO1. The third-order valence-corrected chi connectivity index (χ3v) is 5.08. The Labute approximate surface area is 150 Å². The molecule has 126 valence electrons. The molecule has 0 bridgehead atoms. The highest BCUT2D eigenvalue weighted by atomic mass is 79.9. The summed E-state index contributed by atoms with van der Waals surface area (Å²) in [5.41, 5.74) is 0. The first-order valence-corrected chi connectivity index (χ1v) is 9.26. The summed E-state index contributed by atoms with van der Waals surface area (Å²) in [4.78, 5) is 14.5.